The molecule has 138 valence electrons. The summed E-state index contributed by atoms with van der Waals surface area (Å²) in [6, 6.07) is 9.21. The number of esters is 1. The first kappa shape index (κ1) is 17.5. The Bertz CT molecular complexity index is 928. The lowest BCUT2D eigenvalue weighted by molar-refractivity contribution is -0.137. The minimum atomic E-state index is -3.07. The summed E-state index contributed by atoms with van der Waals surface area (Å²) < 4.78 is 29.7. The largest absolute Gasteiger partial charge is 0.451 e. The van der Waals surface area contributed by atoms with Gasteiger partial charge in [0.2, 0.25) is 0 Å². The molecule has 1 aromatic heterocycles. The van der Waals surface area contributed by atoms with Gasteiger partial charge in [0.1, 0.15) is 4.88 Å². The molecule has 1 aromatic carbocycles. The van der Waals surface area contributed by atoms with Crippen LogP contribution < -0.4 is 0 Å². The van der Waals surface area contributed by atoms with Gasteiger partial charge in [-0.05, 0) is 36.8 Å². The van der Waals surface area contributed by atoms with Gasteiger partial charge >= 0.3 is 5.97 Å². The highest BCUT2D eigenvalue weighted by molar-refractivity contribution is 7.91. The van der Waals surface area contributed by atoms with Crippen molar-refractivity contribution in [3.8, 4) is 0 Å². The lowest BCUT2D eigenvalue weighted by Gasteiger charge is -2.28. The maximum atomic E-state index is 12.6. The molecule has 0 bridgehead atoms. The number of carbonyl (C=O) groups is 2. The summed E-state index contributed by atoms with van der Waals surface area (Å²) in [5.41, 5.74) is 0. The smallest absolute Gasteiger partial charge is 0.348 e. The topological polar surface area (TPSA) is 80.8 Å². The third-order valence-corrected chi connectivity index (χ3v) is 7.63. The molecule has 1 aliphatic carbocycles. The highest BCUT2D eigenvalue weighted by atomic mass is 32.2. The highest BCUT2D eigenvalue weighted by Crippen LogP contribution is 2.32. The van der Waals surface area contributed by atoms with Gasteiger partial charge in [-0.25, -0.2) is 13.2 Å². The number of thiophene rings is 1. The Labute approximate surface area is 155 Å². The molecule has 0 spiro atoms. The summed E-state index contributed by atoms with van der Waals surface area (Å²) in [6.07, 6.45) is 2.23. The van der Waals surface area contributed by atoms with Crippen LogP contribution in [0.15, 0.2) is 30.3 Å². The molecule has 8 heteroatoms. The van der Waals surface area contributed by atoms with Crippen molar-refractivity contribution in [2.75, 3.05) is 18.1 Å². The van der Waals surface area contributed by atoms with E-state index in [9.17, 15) is 18.0 Å². The van der Waals surface area contributed by atoms with Gasteiger partial charge in [-0.15, -0.1) is 11.3 Å². The number of nitrogens with zero attached hydrogens (tertiary/aromatic N) is 1. The van der Waals surface area contributed by atoms with Crippen molar-refractivity contribution < 1.29 is 22.7 Å². The molecule has 1 saturated carbocycles. The summed E-state index contributed by atoms with van der Waals surface area (Å²) in [5, 5.41) is 0.964. The fourth-order valence-electron chi connectivity index (χ4n) is 3.41. The molecular formula is C18H19NO5S2. The van der Waals surface area contributed by atoms with Gasteiger partial charge in [-0.1, -0.05) is 18.2 Å². The number of sulfone groups is 1. The van der Waals surface area contributed by atoms with Crippen LogP contribution >= 0.6 is 11.3 Å². The van der Waals surface area contributed by atoms with Gasteiger partial charge < -0.3 is 9.64 Å². The fourth-order valence-corrected chi connectivity index (χ4v) is 6.08. The number of fused-ring (bicyclic) bond motifs is 1. The monoisotopic (exact) mass is 393 g/mol. The van der Waals surface area contributed by atoms with Gasteiger partial charge in [0.25, 0.3) is 5.91 Å². The van der Waals surface area contributed by atoms with Gasteiger partial charge in [-0.2, -0.15) is 0 Å². The predicted molar refractivity (Wildman–Crippen MR) is 99.0 cm³/mol. The number of benzene rings is 1. The second kappa shape index (κ2) is 6.66. The number of rotatable bonds is 5. The van der Waals surface area contributed by atoms with Gasteiger partial charge in [-0.3, -0.25) is 4.79 Å². The third kappa shape index (κ3) is 3.61. The number of hydrogen-bond donors (Lipinski definition) is 0. The molecule has 1 saturated heterocycles. The summed E-state index contributed by atoms with van der Waals surface area (Å²) in [6.45, 7) is -0.347. The molecule has 1 amide bonds. The van der Waals surface area contributed by atoms with Gasteiger partial charge in [0, 0.05) is 16.8 Å². The summed E-state index contributed by atoms with van der Waals surface area (Å²) in [4.78, 5) is 27.0. The van der Waals surface area contributed by atoms with Crippen LogP contribution in [0, 0.1) is 0 Å². The summed E-state index contributed by atoms with van der Waals surface area (Å²) >= 11 is 1.33. The maximum Gasteiger partial charge on any atom is 0.348 e. The standard InChI is InChI=1S/C18H19NO5S2/c20-17(19(13-5-6-13)14-7-8-26(22,23)11-14)10-24-18(21)16-9-12-3-1-2-4-15(12)25-16/h1-4,9,13-14H,5-8,10-11H2/t14-/m1/s1. The minimum Gasteiger partial charge on any atom is -0.451 e. The first-order valence-electron chi connectivity index (χ1n) is 8.60. The Morgan fingerprint density at radius 1 is 1.15 bits per heavy atom. The van der Waals surface area contributed by atoms with Crippen molar-refractivity contribution in [2.45, 2.75) is 31.3 Å². The van der Waals surface area contributed by atoms with Crippen molar-refractivity contribution in [3.05, 3.63) is 35.2 Å². The van der Waals surface area contributed by atoms with E-state index in [0.717, 1.165) is 22.9 Å². The van der Waals surface area contributed by atoms with E-state index in [4.69, 9.17) is 4.74 Å². The molecule has 26 heavy (non-hydrogen) atoms. The van der Waals surface area contributed by atoms with E-state index in [1.54, 1.807) is 11.0 Å². The van der Waals surface area contributed by atoms with Crippen molar-refractivity contribution in [3.63, 3.8) is 0 Å². The lowest BCUT2D eigenvalue weighted by atomic mass is 10.2. The van der Waals surface area contributed by atoms with Crippen LogP contribution in [-0.2, 0) is 19.4 Å². The quantitative estimate of drug-likeness (QED) is 0.728. The average Bonchev–Trinajstić information content (AvgIpc) is 3.22. The second-order valence-electron chi connectivity index (χ2n) is 6.81. The minimum absolute atomic E-state index is 0.0134. The SMILES string of the molecule is O=C(OCC(=O)N(C1CC1)[C@@H]1CCS(=O)(=O)C1)c1cc2ccccc2s1. The fraction of sp³-hybridized carbons (Fsp3) is 0.444. The van der Waals surface area contributed by atoms with Crippen LogP contribution in [0.25, 0.3) is 10.1 Å². The molecular weight excluding hydrogens is 374 g/mol. The van der Waals surface area contributed by atoms with Crippen LogP contribution in [0.4, 0.5) is 0 Å². The van der Waals surface area contributed by atoms with Crippen molar-refractivity contribution in [1.29, 1.82) is 0 Å². The molecule has 1 aliphatic heterocycles. The Hall–Kier alpha value is -1.93. The number of hydrogen-bond acceptors (Lipinski definition) is 6. The first-order chi connectivity index (χ1) is 12.4. The molecule has 0 N–H and O–H groups in total. The highest BCUT2D eigenvalue weighted by Gasteiger charge is 2.42. The van der Waals surface area contributed by atoms with E-state index in [1.165, 1.54) is 11.3 Å². The van der Waals surface area contributed by atoms with Crippen molar-refractivity contribution in [2.24, 2.45) is 0 Å². The number of carbonyl (C=O) groups excluding carboxylic acids is 2. The van der Waals surface area contributed by atoms with Crippen molar-refractivity contribution in [1.82, 2.24) is 4.90 Å². The normalized spacial score (nSPS) is 21.6. The van der Waals surface area contributed by atoms with Crippen LogP contribution in [-0.4, -0.2) is 55.4 Å². The number of amides is 1. The van der Waals surface area contributed by atoms with Crippen LogP contribution in [0.1, 0.15) is 28.9 Å². The van der Waals surface area contributed by atoms with E-state index < -0.39 is 15.8 Å². The van der Waals surface area contributed by atoms with E-state index >= 15 is 0 Å². The van der Waals surface area contributed by atoms with Crippen LogP contribution in [0.3, 0.4) is 0 Å². The molecule has 0 radical (unpaired) electrons. The second-order valence-corrected chi connectivity index (χ2v) is 10.1. The van der Waals surface area contributed by atoms with E-state index in [2.05, 4.69) is 0 Å². The van der Waals surface area contributed by atoms with Crippen LogP contribution in [0.5, 0.6) is 0 Å². The molecule has 2 fully saturated rings. The van der Waals surface area contributed by atoms with E-state index in [-0.39, 0.29) is 36.1 Å². The predicted octanol–water partition coefficient (Wildman–Crippen LogP) is 2.24. The molecule has 2 aliphatic rings. The maximum absolute atomic E-state index is 12.6. The Balaban J connectivity index is 1.41. The molecule has 0 unspecified atom stereocenters. The van der Waals surface area contributed by atoms with E-state index in [1.807, 2.05) is 24.3 Å². The summed E-state index contributed by atoms with van der Waals surface area (Å²) in [7, 11) is -3.07. The zero-order chi connectivity index (χ0) is 18.3. The summed E-state index contributed by atoms with van der Waals surface area (Å²) in [5.74, 6) is -0.687. The van der Waals surface area contributed by atoms with Gasteiger partial charge in [0.15, 0.2) is 16.4 Å². The molecule has 2 aromatic rings. The van der Waals surface area contributed by atoms with Crippen LogP contribution in [0.2, 0.25) is 0 Å². The number of ether oxygens (including phenoxy) is 1. The first-order valence-corrected chi connectivity index (χ1v) is 11.2. The average molecular weight is 393 g/mol. The molecule has 6 nitrogen and oxygen atoms in total. The molecule has 4 rings (SSSR count). The zero-order valence-electron chi connectivity index (χ0n) is 14.1. The van der Waals surface area contributed by atoms with Crippen molar-refractivity contribution >= 4 is 43.1 Å². The Kier molecular flexibility index (Phi) is 4.48. The zero-order valence-corrected chi connectivity index (χ0v) is 15.7. The van der Waals surface area contributed by atoms with E-state index in [0.29, 0.717) is 11.3 Å². The Morgan fingerprint density at radius 2 is 1.92 bits per heavy atom. The van der Waals surface area contributed by atoms with Gasteiger partial charge in [0.05, 0.1) is 11.5 Å². The third-order valence-electron chi connectivity index (χ3n) is 4.78. The molecule has 2 heterocycles. The Morgan fingerprint density at radius 3 is 2.58 bits per heavy atom. The molecule has 1 atom stereocenters. The lowest BCUT2D eigenvalue weighted by Crippen LogP contribution is -2.44.